The Morgan fingerprint density at radius 2 is 1.62 bits per heavy atom. The van der Waals surface area contributed by atoms with E-state index in [4.69, 9.17) is 0 Å². The van der Waals surface area contributed by atoms with Crippen LogP contribution in [0.5, 0.6) is 0 Å². The molecule has 144 valence electrons. The molecule has 0 amide bonds. The number of nitrogens with zero attached hydrogens (tertiary/aromatic N) is 1. The lowest BCUT2D eigenvalue weighted by atomic mass is 10.0. The number of benzene rings is 3. The van der Waals surface area contributed by atoms with Crippen LogP contribution in [0.3, 0.4) is 0 Å². The molecule has 5 rings (SSSR count). The van der Waals surface area contributed by atoms with Crippen LogP contribution in [0.4, 0.5) is 19.6 Å². The molecule has 1 N–H and O–H groups in total. The summed E-state index contributed by atoms with van der Waals surface area (Å²) in [4.78, 5) is 16.3. The van der Waals surface area contributed by atoms with Gasteiger partial charge in [-0.2, -0.15) is 0 Å². The van der Waals surface area contributed by atoms with Crippen molar-refractivity contribution in [1.82, 2.24) is 4.98 Å². The molecular weight excluding hydrogens is 390 g/mol. The molecule has 0 bridgehead atoms. The molecule has 0 saturated heterocycles. The van der Waals surface area contributed by atoms with Gasteiger partial charge in [0.05, 0.1) is 4.70 Å². The normalized spacial score (nSPS) is 13.6. The molecule has 29 heavy (non-hydrogen) atoms. The number of halogens is 2. The first-order chi connectivity index (χ1) is 14.1. The van der Waals surface area contributed by atoms with Crippen LogP contribution < -0.4 is 5.32 Å². The van der Waals surface area contributed by atoms with Crippen LogP contribution in [0.2, 0.25) is 0 Å². The van der Waals surface area contributed by atoms with Gasteiger partial charge in [-0.15, -0.1) is 0 Å². The first-order valence-corrected chi connectivity index (χ1v) is 10.2. The zero-order valence-electron chi connectivity index (χ0n) is 15.3. The fraction of sp³-hybridized carbons (Fsp3) is 0.130. The Hall–Kier alpha value is -3.12. The Bertz CT molecular complexity index is 1210. The molecule has 0 atom stereocenters. The maximum atomic E-state index is 13.8. The molecule has 4 aromatic rings. The topological polar surface area (TPSA) is 42.0 Å². The highest BCUT2D eigenvalue weighted by Gasteiger charge is 2.30. The lowest BCUT2D eigenvalue weighted by Crippen LogP contribution is -2.00. The van der Waals surface area contributed by atoms with Crippen molar-refractivity contribution in [2.24, 2.45) is 5.92 Å². The van der Waals surface area contributed by atoms with E-state index in [1.807, 2.05) is 48.5 Å². The van der Waals surface area contributed by atoms with E-state index < -0.39 is 11.6 Å². The van der Waals surface area contributed by atoms with Gasteiger partial charge >= 0.3 is 0 Å². The van der Waals surface area contributed by atoms with Crippen molar-refractivity contribution in [3.8, 4) is 11.1 Å². The second-order valence-corrected chi connectivity index (χ2v) is 8.20. The van der Waals surface area contributed by atoms with E-state index in [-0.39, 0.29) is 17.2 Å². The summed E-state index contributed by atoms with van der Waals surface area (Å²) in [5.74, 6) is -0.815. The van der Waals surface area contributed by atoms with Gasteiger partial charge in [0.15, 0.2) is 16.7 Å². The third-order valence-electron chi connectivity index (χ3n) is 5.00. The number of anilines is 2. The Balaban J connectivity index is 1.33. The molecule has 0 unspecified atom stereocenters. The number of fused-ring (bicyclic) bond motifs is 1. The van der Waals surface area contributed by atoms with Crippen molar-refractivity contribution in [1.29, 1.82) is 0 Å². The van der Waals surface area contributed by atoms with Gasteiger partial charge in [0.1, 0.15) is 11.3 Å². The van der Waals surface area contributed by atoms with Gasteiger partial charge in [-0.1, -0.05) is 47.7 Å². The molecule has 0 aliphatic heterocycles. The maximum absolute atomic E-state index is 13.8. The van der Waals surface area contributed by atoms with Crippen molar-refractivity contribution in [2.75, 3.05) is 5.32 Å². The summed E-state index contributed by atoms with van der Waals surface area (Å²) in [6, 6.07) is 17.6. The Kier molecular flexibility index (Phi) is 4.36. The van der Waals surface area contributed by atoms with Crippen LogP contribution in [0, 0.1) is 17.6 Å². The van der Waals surface area contributed by atoms with E-state index in [1.165, 1.54) is 17.4 Å². The third kappa shape index (κ3) is 3.63. The molecule has 3 aromatic carbocycles. The van der Waals surface area contributed by atoms with E-state index in [9.17, 15) is 13.6 Å². The van der Waals surface area contributed by atoms with Gasteiger partial charge in [0.2, 0.25) is 0 Å². The second-order valence-electron chi connectivity index (χ2n) is 7.17. The fourth-order valence-corrected chi connectivity index (χ4v) is 4.21. The number of ketones is 1. The molecule has 3 nitrogen and oxygen atoms in total. The monoisotopic (exact) mass is 406 g/mol. The predicted molar refractivity (Wildman–Crippen MR) is 112 cm³/mol. The first-order valence-electron chi connectivity index (χ1n) is 9.34. The summed E-state index contributed by atoms with van der Waals surface area (Å²) >= 11 is 1.20. The molecule has 6 heteroatoms. The number of aromatic nitrogens is 1. The van der Waals surface area contributed by atoms with Crippen LogP contribution in [0.15, 0.2) is 60.7 Å². The molecule has 0 radical (unpaired) electrons. The molecule has 1 heterocycles. The van der Waals surface area contributed by atoms with Crippen molar-refractivity contribution in [3.63, 3.8) is 0 Å². The van der Waals surface area contributed by atoms with E-state index in [0.717, 1.165) is 41.3 Å². The summed E-state index contributed by atoms with van der Waals surface area (Å²) in [7, 11) is 0. The van der Waals surface area contributed by atoms with Gasteiger partial charge in [-0.05, 0) is 42.2 Å². The molecule has 1 aliphatic rings. The SMILES string of the molecule is O=C(c1ccc(-c2ccc(Nc3nc4c(F)cc(F)cc4s3)cc2)cc1)C1CC1. The highest BCUT2D eigenvalue weighted by Crippen LogP contribution is 2.34. The smallest absolute Gasteiger partial charge is 0.188 e. The summed E-state index contributed by atoms with van der Waals surface area (Å²) in [5, 5.41) is 3.64. The highest BCUT2D eigenvalue weighted by atomic mass is 32.1. The van der Waals surface area contributed by atoms with Crippen molar-refractivity contribution >= 4 is 38.2 Å². The van der Waals surface area contributed by atoms with E-state index in [0.29, 0.717) is 9.83 Å². The van der Waals surface area contributed by atoms with Gasteiger partial charge < -0.3 is 5.32 Å². The Morgan fingerprint density at radius 1 is 0.966 bits per heavy atom. The summed E-state index contributed by atoms with van der Waals surface area (Å²) in [5.41, 5.74) is 3.79. The Labute approximate surface area is 170 Å². The standard InChI is InChI=1S/C23H16F2N2OS/c24-17-11-19(25)21-20(12-17)29-23(27-21)26-18-9-7-14(8-10-18)13-1-3-15(4-2-13)22(28)16-5-6-16/h1-4,7-12,16H,5-6H2,(H,26,27). The van der Waals surface area contributed by atoms with Crippen LogP contribution in [0.25, 0.3) is 21.3 Å². The molecule has 0 spiro atoms. The average molecular weight is 406 g/mol. The van der Waals surface area contributed by atoms with E-state index >= 15 is 0 Å². The quantitative estimate of drug-likeness (QED) is 0.381. The van der Waals surface area contributed by atoms with Crippen LogP contribution in [-0.4, -0.2) is 10.8 Å². The molecular formula is C23H16F2N2OS. The minimum Gasteiger partial charge on any atom is -0.332 e. The molecule has 1 aliphatic carbocycles. The number of thiazole rings is 1. The van der Waals surface area contributed by atoms with Crippen LogP contribution in [-0.2, 0) is 0 Å². The average Bonchev–Trinajstić information content (AvgIpc) is 3.49. The minimum absolute atomic E-state index is 0.163. The number of rotatable bonds is 5. The lowest BCUT2D eigenvalue weighted by molar-refractivity contribution is 0.0967. The maximum Gasteiger partial charge on any atom is 0.188 e. The number of nitrogens with one attached hydrogen (secondary N) is 1. The van der Waals surface area contributed by atoms with Gasteiger partial charge in [-0.25, -0.2) is 13.8 Å². The largest absolute Gasteiger partial charge is 0.332 e. The van der Waals surface area contributed by atoms with Crippen molar-refractivity contribution in [2.45, 2.75) is 12.8 Å². The predicted octanol–water partition coefficient (Wildman–Crippen LogP) is 6.58. The lowest BCUT2D eigenvalue weighted by Gasteiger charge is -2.06. The van der Waals surface area contributed by atoms with Crippen LogP contribution in [0.1, 0.15) is 23.2 Å². The zero-order chi connectivity index (χ0) is 20.0. The fourth-order valence-electron chi connectivity index (χ4n) is 3.29. The summed E-state index contributed by atoms with van der Waals surface area (Å²) in [6.45, 7) is 0. The number of hydrogen-bond acceptors (Lipinski definition) is 4. The number of Topliss-reactive ketones (excluding diaryl/α,β-unsaturated/α-hetero) is 1. The van der Waals surface area contributed by atoms with E-state index in [1.54, 1.807) is 0 Å². The molecule has 1 saturated carbocycles. The van der Waals surface area contributed by atoms with Crippen LogP contribution >= 0.6 is 11.3 Å². The number of carbonyl (C=O) groups is 1. The summed E-state index contributed by atoms with van der Waals surface area (Å²) in [6.07, 6.45) is 2.01. The Morgan fingerprint density at radius 3 is 2.28 bits per heavy atom. The minimum atomic E-state index is -0.664. The molecule has 1 fully saturated rings. The summed E-state index contributed by atoms with van der Waals surface area (Å²) < 4.78 is 27.6. The van der Waals surface area contributed by atoms with Crippen molar-refractivity contribution < 1.29 is 13.6 Å². The van der Waals surface area contributed by atoms with Gasteiger partial charge in [0, 0.05) is 23.2 Å². The van der Waals surface area contributed by atoms with Crippen molar-refractivity contribution in [3.05, 3.63) is 77.9 Å². The number of carbonyl (C=O) groups excluding carboxylic acids is 1. The van der Waals surface area contributed by atoms with E-state index in [2.05, 4.69) is 10.3 Å². The highest BCUT2D eigenvalue weighted by molar-refractivity contribution is 7.22. The first kappa shape index (κ1) is 17.9. The zero-order valence-corrected chi connectivity index (χ0v) is 16.1. The third-order valence-corrected chi connectivity index (χ3v) is 5.92. The second kappa shape index (κ2) is 7.04. The van der Waals surface area contributed by atoms with Gasteiger partial charge in [-0.3, -0.25) is 4.79 Å². The molecule has 1 aromatic heterocycles. The van der Waals surface area contributed by atoms with Gasteiger partial charge in [0.25, 0.3) is 0 Å². The number of hydrogen-bond donors (Lipinski definition) is 1.